The van der Waals surface area contributed by atoms with Crippen LogP contribution in [0.1, 0.15) is 31.2 Å². The summed E-state index contributed by atoms with van der Waals surface area (Å²) < 4.78 is 10.9. The van der Waals surface area contributed by atoms with Crippen LogP contribution in [-0.4, -0.2) is 212 Å². The van der Waals surface area contributed by atoms with E-state index in [4.69, 9.17) is 20.9 Å². The number of nitrogens with one attached hydrogen (secondary N) is 1. The van der Waals surface area contributed by atoms with Crippen LogP contribution in [0.2, 0.25) is 0 Å². The third-order valence-electron chi connectivity index (χ3n) is 10.3. The maximum atomic E-state index is 14.1. The molecule has 21 heteroatoms. The lowest BCUT2D eigenvalue weighted by Gasteiger charge is -2.31. The highest BCUT2D eigenvalue weighted by Crippen LogP contribution is 2.33. The molecule has 0 radical (unpaired) electrons. The third kappa shape index (κ3) is 20.3. The zero-order chi connectivity index (χ0) is 49.6. The lowest BCUT2D eigenvalue weighted by molar-refractivity contribution is -0.148. The van der Waals surface area contributed by atoms with Gasteiger partial charge in [0.1, 0.15) is 32.5 Å². The number of unbranched alkanes of at least 4 members (excludes halogenated alkanes) is 2. The second-order valence-corrected chi connectivity index (χ2v) is 15.4. The van der Waals surface area contributed by atoms with Gasteiger partial charge >= 0.3 is 0 Å². The summed E-state index contributed by atoms with van der Waals surface area (Å²) in [6.45, 7) is 12.2. The van der Waals surface area contributed by atoms with E-state index in [2.05, 4.69) is 31.6 Å². The van der Waals surface area contributed by atoms with Gasteiger partial charge in [-0.05, 0) is 56.5 Å². The number of benzene rings is 1. The number of hydrogen-bond donors (Lipinski definition) is 4. The number of carbonyl (C=O) groups excluding carboxylic acids is 8. The molecule has 0 saturated carbocycles. The van der Waals surface area contributed by atoms with E-state index in [1.54, 1.807) is 24.3 Å². The first-order chi connectivity index (χ1) is 32.3. The van der Waals surface area contributed by atoms with Crippen molar-refractivity contribution in [3.63, 3.8) is 0 Å². The Labute approximate surface area is 393 Å². The molecule has 0 saturated heterocycles. The topological polar surface area (TPSA) is 262 Å². The second-order valence-electron chi connectivity index (χ2n) is 15.4. The Bertz CT molecular complexity index is 1850. The van der Waals surface area contributed by atoms with Crippen molar-refractivity contribution < 1.29 is 52.9 Å². The van der Waals surface area contributed by atoms with Gasteiger partial charge in [-0.25, -0.2) is 0 Å². The Morgan fingerprint density at radius 3 is 1.51 bits per heavy atom. The minimum Gasteiger partial charge on any atom is -0.454 e. The minimum atomic E-state index is -0.660. The van der Waals surface area contributed by atoms with Gasteiger partial charge in [0.15, 0.2) is 11.5 Å². The highest BCUT2D eigenvalue weighted by Gasteiger charge is 2.30. The first kappa shape index (κ1) is 56.7. The van der Waals surface area contributed by atoms with Gasteiger partial charge in [-0.15, -0.1) is 26.3 Å². The van der Waals surface area contributed by atoms with E-state index in [1.807, 2.05) is 0 Å². The van der Waals surface area contributed by atoms with E-state index in [-0.39, 0.29) is 72.2 Å². The second kappa shape index (κ2) is 32.3. The van der Waals surface area contributed by atoms with E-state index in [0.717, 1.165) is 9.80 Å². The Morgan fingerprint density at radius 1 is 0.567 bits per heavy atom. The third-order valence-corrected chi connectivity index (χ3v) is 10.3. The average Bonchev–Trinajstić information content (AvgIpc) is 3.78. The molecule has 0 bridgehead atoms. The maximum Gasteiger partial charge on any atom is 0.242 e. The van der Waals surface area contributed by atoms with Gasteiger partial charge in [-0.3, -0.25) is 33.6 Å². The number of fused-ring (bicyclic) bond motifs is 1. The van der Waals surface area contributed by atoms with Gasteiger partial charge in [0.05, 0.1) is 32.8 Å². The largest absolute Gasteiger partial charge is 0.454 e. The van der Waals surface area contributed by atoms with Crippen molar-refractivity contribution in [1.29, 1.82) is 0 Å². The van der Waals surface area contributed by atoms with Crippen molar-refractivity contribution in [3.05, 3.63) is 74.4 Å². The normalized spacial score (nSPS) is 11.1. The summed E-state index contributed by atoms with van der Waals surface area (Å²) in [5.41, 5.74) is 11.9. The number of amides is 7. The zero-order valence-corrected chi connectivity index (χ0v) is 38.7. The number of nitrogens with two attached hydrogens (primary N) is 2. The van der Waals surface area contributed by atoms with Crippen LogP contribution in [-0.2, 0) is 44.9 Å². The fraction of sp³-hybridized carbons (Fsp3) is 0.522. The molecule has 1 aromatic rings. The fourth-order valence-electron chi connectivity index (χ4n) is 6.70. The number of carbonyl (C=O) groups is 8. The van der Waals surface area contributed by atoms with Gasteiger partial charge in [-0.1, -0.05) is 30.4 Å². The Hall–Kier alpha value is -6.42. The standard InChI is InChI=1S/C46H70N10O11/c1-5-17-49-28-40(59)55(24-26-58)34-46(65)56(29-37-13-14-38-39(27-37)67-36-66-38)35-45(64)53(20-8-4)32-43(62)51(18-6-2)31-42(61)52(19-7-3)33-44(63)54(22-12-10-16-48)30-41(60)50(23-25-57)21-11-9-15-47/h5-8,13-14,25,27,49,58H,1-4,9-12,15-24,26,28-36,47-48H2. The van der Waals surface area contributed by atoms with Crippen molar-refractivity contribution in [3.8, 4) is 11.5 Å². The Balaban J connectivity index is 2.32. The first-order valence-corrected chi connectivity index (χ1v) is 22.2. The summed E-state index contributed by atoms with van der Waals surface area (Å²) >= 11 is 0. The fourth-order valence-corrected chi connectivity index (χ4v) is 6.70. The summed E-state index contributed by atoms with van der Waals surface area (Å²) in [4.78, 5) is 116. The minimum absolute atomic E-state index is 0.0115. The quantitative estimate of drug-likeness (QED) is 0.0347. The lowest BCUT2D eigenvalue weighted by atomic mass is 10.2. The molecule has 1 aliphatic heterocycles. The molecule has 0 fully saturated rings. The van der Waals surface area contributed by atoms with Crippen LogP contribution >= 0.6 is 0 Å². The van der Waals surface area contributed by atoms with Crippen LogP contribution in [0.15, 0.2) is 68.8 Å². The number of hydrogen-bond acceptors (Lipinski definition) is 14. The summed E-state index contributed by atoms with van der Waals surface area (Å²) in [5, 5.41) is 12.6. The van der Waals surface area contributed by atoms with Gasteiger partial charge in [0.25, 0.3) is 0 Å². The van der Waals surface area contributed by atoms with Crippen molar-refractivity contribution in [2.24, 2.45) is 11.5 Å². The lowest BCUT2D eigenvalue weighted by Crippen LogP contribution is -2.52. The average molecular weight is 939 g/mol. The van der Waals surface area contributed by atoms with Gasteiger partial charge in [0, 0.05) is 52.4 Å². The molecule has 1 heterocycles. The molecule has 0 unspecified atom stereocenters. The van der Waals surface area contributed by atoms with Gasteiger partial charge in [0.2, 0.25) is 48.1 Å². The Kier molecular flexibility index (Phi) is 27.3. The molecule has 1 aliphatic rings. The van der Waals surface area contributed by atoms with Crippen molar-refractivity contribution in [1.82, 2.24) is 39.6 Å². The first-order valence-electron chi connectivity index (χ1n) is 22.2. The van der Waals surface area contributed by atoms with Crippen LogP contribution in [0.25, 0.3) is 0 Å². The van der Waals surface area contributed by atoms with E-state index in [1.165, 1.54) is 42.7 Å². The van der Waals surface area contributed by atoms with Crippen LogP contribution in [0.4, 0.5) is 0 Å². The monoisotopic (exact) mass is 939 g/mol. The predicted molar refractivity (Wildman–Crippen MR) is 251 cm³/mol. The number of aliphatic hydroxyl groups is 1. The highest BCUT2D eigenvalue weighted by atomic mass is 16.7. The molecular weight excluding hydrogens is 869 g/mol. The number of aldehydes is 1. The van der Waals surface area contributed by atoms with Crippen molar-refractivity contribution in [2.75, 3.05) is 125 Å². The van der Waals surface area contributed by atoms with Crippen LogP contribution < -0.4 is 26.3 Å². The van der Waals surface area contributed by atoms with Crippen LogP contribution in [0.5, 0.6) is 11.5 Å². The zero-order valence-electron chi connectivity index (χ0n) is 38.7. The van der Waals surface area contributed by atoms with E-state index in [9.17, 15) is 43.5 Å². The number of rotatable bonds is 36. The molecule has 67 heavy (non-hydrogen) atoms. The van der Waals surface area contributed by atoms with Gasteiger partial charge in [-0.2, -0.15) is 0 Å². The van der Waals surface area contributed by atoms with Crippen molar-refractivity contribution >= 4 is 47.6 Å². The van der Waals surface area contributed by atoms with E-state index >= 15 is 0 Å². The molecule has 0 aliphatic carbocycles. The Morgan fingerprint density at radius 2 is 1.01 bits per heavy atom. The number of ether oxygens (including phenoxy) is 2. The molecule has 6 N–H and O–H groups in total. The molecule has 2 rings (SSSR count). The number of nitrogens with zero attached hydrogens (tertiary/aromatic N) is 7. The molecule has 0 aromatic heterocycles. The predicted octanol–water partition coefficient (Wildman–Crippen LogP) is -1.28. The highest BCUT2D eigenvalue weighted by molar-refractivity contribution is 5.93. The molecule has 7 amide bonds. The summed E-state index contributed by atoms with van der Waals surface area (Å²) in [5.74, 6) is -3.09. The number of aliphatic hydroxyl groups excluding tert-OH is 1. The molecule has 21 nitrogen and oxygen atoms in total. The SMILES string of the molecule is C=CCNCC(=O)N(CCO)CC(=O)N(CC(=O)N(CC=C)CC(=O)N(CC=C)CC(=O)N(CC=C)CC(=O)N(CCCCN)CC(=O)N(CC=O)CCCCN)Cc1ccc2c(c1)OCO2. The van der Waals surface area contributed by atoms with Gasteiger partial charge < -0.3 is 70.5 Å². The van der Waals surface area contributed by atoms with Crippen LogP contribution in [0.3, 0.4) is 0 Å². The van der Waals surface area contributed by atoms with Crippen LogP contribution in [0, 0.1) is 0 Å². The molecule has 0 atom stereocenters. The molecular formula is C46H70N10O11. The van der Waals surface area contributed by atoms with E-state index in [0.29, 0.717) is 68.7 Å². The summed E-state index contributed by atoms with van der Waals surface area (Å²) in [6.07, 6.45) is 8.65. The van der Waals surface area contributed by atoms with E-state index < -0.39 is 80.7 Å². The summed E-state index contributed by atoms with van der Waals surface area (Å²) in [7, 11) is 0. The molecule has 370 valence electrons. The smallest absolute Gasteiger partial charge is 0.242 e. The molecule has 1 aromatic carbocycles. The molecule has 0 spiro atoms. The maximum absolute atomic E-state index is 14.1. The van der Waals surface area contributed by atoms with Crippen molar-refractivity contribution in [2.45, 2.75) is 32.2 Å². The summed E-state index contributed by atoms with van der Waals surface area (Å²) in [6, 6.07) is 5.02.